The zero-order valence-corrected chi connectivity index (χ0v) is 8.29. The van der Waals surface area contributed by atoms with Crippen molar-refractivity contribution in [2.45, 2.75) is 25.8 Å². The second-order valence-electron chi connectivity index (χ2n) is 3.67. The van der Waals surface area contributed by atoms with E-state index >= 15 is 0 Å². The van der Waals surface area contributed by atoms with Crippen LogP contribution in [-0.2, 0) is 0 Å². The van der Waals surface area contributed by atoms with Crippen LogP contribution in [0.1, 0.15) is 25.3 Å². The number of methoxy groups -OCH3 is 1. The summed E-state index contributed by atoms with van der Waals surface area (Å²) >= 11 is 0. The van der Waals surface area contributed by atoms with Gasteiger partial charge in [0.25, 0.3) is 0 Å². The van der Waals surface area contributed by atoms with Crippen LogP contribution in [0.4, 0.5) is 5.69 Å². The highest BCUT2D eigenvalue weighted by atomic mass is 16.5. The molecule has 1 aromatic rings. The van der Waals surface area contributed by atoms with Gasteiger partial charge in [-0.25, -0.2) is 0 Å². The fourth-order valence-electron chi connectivity index (χ4n) is 1.82. The second kappa shape index (κ2) is 2.95. The van der Waals surface area contributed by atoms with E-state index in [1.807, 2.05) is 6.07 Å². The van der Waals surface area contributed by atoms with Crippen LogP contribution in [0.25, 0.3) is 0 Å². The van der Waals surface area contributed by atoms with E-state index in [4.69, 9.17) is 4.74 Å². The number of hydrogen-bond donors (Lipinski definition) is 1. The van der Waals surface area contributed by atoms with Gasteiger partial charge in [0.05, 0.1) is 7.11 Å². The van der Waals surface area contributed by atoms with Gasteiger partial charge in [-0.05, 0) is 30.7 Å². The lowest BCUT2D eigenvalue weighted by molar-refractivity contribution is 0.414. The van der Waals surface area contributed by atoms with E-state index < -0.39 is 0 Å². The highest BCUT2D eigenvalue weighted by molar-refractivity contribution is 5.61. The normalized spacial score (nSPS) is 25.2. The summed E-state index contributed by atoms with van der Waals surface area (Å²) in [7, 11) is 1.71. The molecule has 0 fully saturated rings. The number of anilines is 1. The van der Waals surface area contributed by atoms with E-state index in [-0.39, 0.29) is 0 Å². The molecule has 1 aliphatic rings. The van der Waals surface area contributed by atoms with Gasteiger partial charge in [-0.2, -0.15) is 0 Å². The molecule has 2 rings (SSSR count). The topological polar surface area (TPSA) is 21.3 Å². The molecule has 0 saturated carbocycles. The Morgan fingerprint density at radius 1 is 1.31 bits per heavy atom. The molecule has 70 valence electrons. The average Bonchev–Trinajstić information content (AvgIpc) is 2.43. The van der Waals surface area contributed by atoms with Crippen LogP contribution < -0.4 is 10.1 Å². The third-order valence-corrected chi connectivity index (χ3v) is 2.88. The minimum atomic E-state index is 0.530. The van der Waals surface area contributed by atoms with E-state index in [2.05, 4.69) is 31.3 Å². The van der Waals surface area contributed by atoms with E-state index in [0.29, 0.717) is 12.0 Å². The minimum absolute atomic E-state index is 0.530. The number of hydrogen-bond acceptors (Lipinski definition) is 2. The highest BCUT2D eigenvalue weighted by Crippen LogP contribution is 2.37. The molecule has 2 nitrogen and oxygen atoms in total. The number of benzene rings is 1. The summed E-state index contributed by atoms with van der Waals surface area (Å²) < 4.78 is 5.20. The van der Waals surface area contributed by atoms with Gasteiger partial charge in [0.15, 0.2) is 0 Å². The molecule has 1 heterocycles. The molecule has 2 atom stereocenters. The summed E-state index contributed by atoms with van der Waals surface area (Å²) in [6.07, 6.45) is 0. The molecule has 0 spiro atoms. The molecule has 1 N–H and O–H groups in total. The Balaban J connectivity index is 2.42. The van der Waals surface area contributed by atoms with Crippen LogP contribution in [0, 0.1) is 0 Å². The van der Waals surface area contributed by atoms with Crippen molar-refractivity contribution in [3.63, 3.8) is 0 Å². The third-order valence-electron chi connectivity index (χ3n) is 2.88. The molecule has 0 aliphatic carbocycles. The van der Waals surface area contributed by atoms with Gasteiger partial charge >= 0.3 is 0 Å². The first-order valence-electron chi connectivity index (χ1n) is 4.67. The second-order valence-corrected chi connectivity index (χ2v) is 3.67. The Labute approximate surface area is 78.9 Å². The van der Waals surface area contributed by atoms with Crippen LogP contribution in [0.3, 0.4) is 0 Å². The van der Waals surface area contributed by atoms with Gasteiger partial charge in [0.2, 0.25) is 0 Å². The van der Waals surface area contributed by atoms with E-state index in [1.165, 1.54) is 11.3 Å². The maximum absolute atomic E-state index is 5.20. The fraction of sp³-hybridized carbons (Fsp3) is 0.455. The average molecular weight is 177 g/mol. The summed E-state index contributed by atoms with van der Waals surface area (Å²) in [5, 5.41) is 3.44. The summed E-state index contributed by atoms with van der Waals surface area (Å²) in [4.78, 5) is 0. The molecular formula is C11H15NO. The van der Waals surface area contributed by atoms with Crippen molar-refractivity contribution in [1.29, 1.82) is 0 Å². The maximum atomic E-state index is 5.20. The van der Waals surface area contributed by atoms with Gasteiger partial charge < -0.3 is 10.1 Å². The quantitative estimate of drug-likeness (QED) is 0.712. The lowest BCUT2D eigenvalue weighted by Crippen LogP contribution is -2.12. The fourth-order valence-corrected chi connectivity index (χ4v) is 1.82. The molecule has 1 aromatic carbocycles. The van der Waals surface area contributed by atoms with Crippen molar-refractivity contribution in [2.75, 3.05) is 12.4 Å². The van der Waals surface area contributed by atoms with Gasteiger partial charge in [-0.15, -0.1) is 0 Å². The Morgan fingerprint density at radius 2 is 2.08 bits per heavy atom. The number of ether oxygens (including phenoxy) is 1. The SMILES string of the molecule is COc1ccc2c(c1)[C@H](C)[C@H](C)N2. The lowest BCUT2D eigenvalue weighted by atomic mass is 9.98. The zero-order chi connectivity index (χ0) is 9.42. The molecule has 0 unspecified atom stereocenters. The van der Waals surface area contributed by atoms with Gasteiger partial charge in [-0.1, -0.05) is 6.92 Å². The van der Waals surface area contributed by atoms with Crippen molar-refractivity contribution in [3.8, 4) is 5.75 Å². The first-order valence-corrected chi connectivity index (χ1v) is 4.67. The molecule has 0 amide bonds. The smallest absolute Gasteiger partial charge is 0.119 e. The van der Waals surface area contributed by atoms with Gasteiger partial charge in [0.1, 0.15) is 5.75 Å². The van der Waals surface area contributed by atoms with E-state index in [0.717, 1.165) is 5.75 Å². The van der Waals surface area contributed by atoms with E-state index in [1.54, 1.807) is 7.11 Å². The molecule has 0 radical (unpaired) electrons. The third kappa shape index (κ3) is 1.26. The Morgan fingerprint density at radius 3 is 2.77 bits per heavy atom. The standard InChI is InChI=1S/C11H15NO/c1-7-8(2)12-11-5-4-9(13-3)6-10(7)11/h4-8,12H,1-3H3/t7-,8+/m1/s1. The highest BCUT2D eigenvalue weighted by Gasteiger charge is 2.24. The van der Waals surface area contributed by atoms with Crippen molar-refractivity contribution < 1.29 is 4.74 Å². The molecule has 0 saturated heterocycles. The molecule has 1 aliphatic heterocycles. The van der Waals surface area contributed by atoms with Crippen LogP contribution in [0.5, 0.6) is 5.75 Å². The first-order chi connectivity index (χ1) is 6.22. The summed E-state index contributed by atoms with van der Waals surface area (Å²) in [6, 6.07) is 6.74. The van der Waals surface area contributed by atoms with Crippen LogP contribution in [0.2, 0.25) is 0 Å². The Hall–Kier alpha value is -1.18. The van der Waals surface area contributed by atoms with Gasteiger partial charge in [-0.3, -0.25) is 0 Å². The monoisotopic (exact) mass is 177 g/mol. The molecule has 0 bridgehead atoms. The van der Waals surface area contributed by atoms with Crippen LogP contribution >= 0.6 is 0 Å². The maximum Gasteiger partial charge on any atom is 0.119 e. The Bertz CT molecular complexity index is 322. The molecule has 0 aromatic heterocycles. The molecule has 13 heavy (non-hydrogen) atoms. The Kier molecular flexibility index (Phi) is 1.91. The van der Waals surface area contributed by atoms with Crippen LogP contribution in [-0.4, -0.2) is 13.2 Å². The number of rotatable bonds is 1. The number of fused-ring (bicyclic) bond motifs is 1. The first kappa shape index (κ1) is 8.42. The molecule has 2 heteroatoms. The van der Waals surface area contributed by atoms with Crippen LogP contribution in [0.15, 0.2) is 18.2 Å². The summed E-state index contributed by atoms with van der Waals surface area (Å²) in [6.45, 7) is 4.44. The van der Waals surface area contributed by atoms with Gasteiger partial charge in [0, 0.05) is 17.6 Å². The minimum Gasteiger partial charge on any atom is -0.497 e. The van der Waals surface area contributed by atoms with Crippen molar-refractivity contribution in [2.24, 2.45) is 0 Å². The zero-order valence-electron chi connectivity index (χ0n) is 8.29. The predicted octanol–water partition coefficient (Wildman–Crippen LogP) is 2.61. The van der Waals surface area contributed by atoms with Crippen molar-refractivity contribution >= 4 is 5.69 Å². The van der Waals surface area contributed by atoms with E-state index in [9.17, 15) is 0 Å². The predicted molar refractivity (Wildman–Crippen MR) is 54.5 cm³/mol. The largest absolute Gasteiger partial charge is 0.497 e. The van der Waals surface area contributed by atoms with Crippen molar-refractivity contribution in [3.05, 3.63) is 23.8 Å². The lowest BCUT2D eigenvalue weighted by Gasteiger charge is -2.08. The number of nitrogens with one attached hydrogen (secondary N) is 1. The summed E-state index contributed by atoms with van der Waals surface area (Å²) in [5.74, 6) is 1.52. The molecular weight excluding hydrogens is 162 g/mol. The van der Waals surface area contributed by atoms with Crippen molar-refractivity contribution in [1.82, 2.24) is 0 Å². The summed E-state index contributed by atoms with van der Waals surface area (Å²) in [5.41, 5.74) is 2.62.